The maximum atomic E-state index is 11.5. The number of aliphatic hydroxyl groups is 3. The van der Waals surface area contributed by atoms with Crippen LogP contribution in [0.4, 0.5) is 5.69 Å². The molecule has 5 nitrogen and oxygen atoms in total. The second-order valence-corrected chi connectivity index (χ2v) is 3.86. The fourth-order valence-electron chi connectivity index (χ4n) is 1.30. The van der Waals surface area contributed by atoms with Crippen LogP contribution >= 0.6 is 0 Å². The molecule has 0 fully saturated rings. The van der Waals surface area contributed by atoms with Gasteiger partial charge in [-0.25, -0.2) is 0 Å². The topological polar surface area (TPSA) is 89.8 Å². The lowest BCUT2D eigenvalue weighted by Crippen LogP contribution is -2.43. The van der Waals surface area contributed by atoms with Gasteiger partial charge in [0, 0.05) is 5.69 Å². The van der Waals surface area contributed by atoms with E-state index in [4.69, 9.17) is 5.11 Å². The largest absolute Gasteiger partial charge is 0.391 e. The Morgan fingerprint density at radius 3 is 2.35 bits per heavy atom. The number of ketones is 1. The van der Waals surface area contributed by atoms with E-state index in [1.807, 2.05) is 18.2 Å². The summed E-state index contributed by atoms with van der Waals surface area (Å²) in [4.78, 5) is 11.5. The molecular weight excluding hydrogens is 222 g/mol. The van der Waals surface area contributed by atoms with Crippen molar-refractivity contribution in [1.82, 2.24) is 0 Å². The molecule has 1 aromatic rings. The molecule has 1 rings (SSSR count). The van der Waals surface area contributed by atoms with Gasteiger partial charge in [-0.05, 0) is 19.1 Å². The quantitative estimate of drug-likeness (QED) is 0.550. The van der Waals surface area contributed by atoms with Crippen molar-refractivity contribution in [2.75, 3.05) is 11.9 Å². The summed E-state index contributed by atoms with van der Waals surface area (Å²) in [6.07, 6.45) is -4.18. The molecule has 0 aliphatic rings. The highest BCUT2D eigenvalue weighted by Gasteiger charge is 2.27. The second-order valence-electron chi connectivity index (χ2n) is 3.86. The first-order chi connectivity index (χ1) is 8.02. The molecular formula is C12H17NO4. The summed E-state index contributed by atoms with van der Waals surface area (Å²) in [5, 5.41) is 30.6. The van der Waals surface area contributed by atoms with E-state index >= 15 is 0 Å². The van der Waals surface area contributed by atoms with Crippen LogP contribution in [0.1, 0.15) is 6.92 Å². The predicted octanol–water partition coefficient (Wildman–Crippen LogP) is -0.230. The number of nitrogens with one attached hydrogen (secondary N) is 1. The zero-order valence-corrected chi connectivity index (χ0v) is 9.58. The number of carbonyl (C=O) groups is 1. The van der Waals surface area contributed by atoms with Crippen LogP contribution in [0.2, 0.25) is 0 Å². The fraction of sp³-hybridized carbons (Fsp3) is 0.417. The number of hydrogen-bond donors (Lipinski definition) is 4. The van der Waals surface area contributed by atoms with Crippen molar-refractivity contribution in [1.29, 1.82) is 0 Å². The number of Topliss-reactive ketones (excluding diaryl/α,β-unsaturated/α-hetero) is 1. The number of carbonyl (C=O) groups excluding carboxylic acids is 1. The van der Waals surface area contributed by atoms with Gasteiger partial charge in [0.15, 0.2) is 5.78 Å². The molecule has 3 unspecified atom stereocenters. The number of para-hydroxylation sites is 1. The van der Waals surface area contributed by atoms with Crippen molar-refractivity contribution in [3.8, 4) is 0 Å². The summed E-state index contributed by atoms with van der Waals surface area (Å²) in [5.41, 5.74) is 0.750. The summed E-state index contributed by atoms with van der Waals surface area (Å²) < 4.78 is 0. The van der Waals surface area contributed by atoms with E-state index in [9.17, 15) is 15.0 Å². The molecule has 0 saturated carbocycles. The van der Waals surface area contributed by atoms with Crippen molar-refractivity contribution in [3.63, 3.8) is 0 Å². The first kappa shape index (κ1) is 13.6. The average Bonchev–Trinajstić information content (AvgIpc) is 2.35. The molecule has 0 aromatic heterocycles. The van der Waals surface area contributed by atoms with Gasteiger partial charge >= 0.3 is 0 Å². The molecule has 0 spiro atoms. The first-order valence-electron chi connectivity index (χ1n) is 5.38. The molecule has 94 valence electrons. The van der Waals surface area contributed by atoms with Crippen molar-refractivity contribution in [2.24, 2.45) is 0 Å². The molecule has 5 heteroatoms. The highest BCUT2D eigenvalue weighted by Crippen LogP contribution is 2.06. The van der Waals surface area contributed by atoms with Gasteiger partial charge in [-0.3, -0.25) is 4.79 Å². The van der Waals surface area contributed by atoms with Gasteiger partial charge in [0.05, 0.1) is 12.6 Å². The van der Waals surface area contributed by atoms with Gasteiger partial charge in [-0.15, -0.1) is 0 Å². The van der Waals surface area contributed by atoms with Crippen LogP contribution in [0.5, 0.6) is 0 Å². The predicted molar refractivity (Wildman–Crippen MR) is 63.6 cm³/mol. The first-order valence-corrected chi connectivity index (χ1v) is 5.38. The Kier molecular flexibility index (Phi) is 5.09. The smallest absolute Gasteiger partial charge is 0.182 e. The second kappa shape index (κ2) is 6.34. The maximum absolute atomic E-state index is 11.5. The van der Waals surface area contributed by atoms with Crippen molar-refractivity contribution < 1.29 is 20.1 Å². The normalized spacial score (nSPS) is 16.0. The van der Waals surface area contributed by atoms with Crippen LogP contribution in [0.3, 0.4) is 0 Å². The van der Waals surface area contributed by atoms with Crippen LogP contribution in [0, 0.1) is 0 Å². The Balaban J connectivity index is 2.45. The minimum absolute atomic E-state index is 0.102. The van der Waals surface area contributed by atoms with E-state index in [-0.39, 0.29) is 6.54 Å². The van der Waals surface area contributed by atoms with Gasteiger partial charge in [-0.2, -0.15) is 0 Å². The van der Waals surface area contributed by atoms with E-state index in [0.29, 0.717) is 0 Å². The monoisotopic (exact) mass is 239 g/mol. The number of benzene rings is 1. The number of anilines is 1. The molecule has 17 heavy (non-hydrogen) atoms. The minimum Gasteiger partial charge on any atom is -0.391 e. The average molecular weight is 239 g/mol. The molecule has 0 heterocycles. The fourth-order valence-corrected chi connectivity index (χ4v) is 1.30. The molecule has 0 aliphatic heterocycles. The lowest BCUT2D eigenvalue weighted by molar-refractivity contribution is -0.135. The van der Waals surface area contributed by atoms with Crippen LogP contribution in [-0.2, 0) is 4.79 Å². The molecule has 0 bridgehead atoms. The third-order valence-electron chi connectivity index (χ3n) is 2.39. The SMILES string of the molecule is CC(O)C(O)C(O)C(=O)CNc1ccccc1. The molecule has 4 N–H and O–H groups in total. The van der Waals surface area contributed by atoms with Gasteiger partial charge in [-0.1, -0.05) is 18.2 Å². The van der Waals surface area contributed by atoms with Crippen LogP contribution in [0.25, 0.3) is 0 Å². The van der Waals surface area contributed by atoms with Gasteiger partial charge < -0.3 is 20.6 Å². The Bertz CT molecular complexity index is 353. The van der Waals surface area contributed by atoms with Crippen molar-refractivity contribution >= 4 is 11.5 Å². The highest BCUT2D eigenvalue weighted by atomic mass is 16.4. The van der Waals surface area contributed by atoms with Crippen molar-refractivity contribution in [3.05, 3.63) is 30.3 Å². The molecule has 0 aliphatic carbocycles. The van der Waals surface area contributed by atoms with E-state index in [1.54, 1.807) is 12.1 Å². The Morgan fingerprint density at radius 1 is 1.24 bits per heavy atom. The summed E-state index contributed by atoms with van der Waals surface area (Å²) in [6.45, 7) is 1.21. The van der Waals surface area contributed by atoms with E-state index < -0.39 is 24.1 Å². The Morgan fingerprint density at radius 2 is 1.82 bits per heavy atom. The van der Waals surface area contributed by atoms with Crippen LogP contribution < -0.4 is 5.32 Å². The molecule has 1 aromatic carbocycles. The van der Waals surface area contributed by atoms with E-state index in [1.165, 1.54) is 6.92 Å². The summed E-state index contributed by atoms with van der Waals surface area (Å²) in [7, 11) is 0. The standard InChI is InChI=1S/C12H17NO4/c1-8(14)11(16)12(17)10(15)7-13-9-5-3-2-4-6-9/h2-6,8,11-14,16-17H,7H2,1H3. The summed E-state index contributed by atoms with van der Waals surface area (Å²) in [6, 6.07) is 9.04. The Hall–Kier alpha value is -1.43. The van der Waals surface area contributed by atoms with Gasteiger partial charge in [0.25, 0.3) is 0 Å². The molecule has 0 radical (unpaired) electrons. The lowest BCUT2D eigenvalue weighted by Gasteiger charge is -2.19. The summed E-state index contributed by atoms with van der Waals surface area (Å²) in [5.74, 6) is -0.567. The number of aliphatic hydroxyl groups excluding tert-OH is 3. The zero-order chi connectivity index (χ0) is 12.8. The third-order valence-corrected chi connectivity index (χ3v) is 2.39. The van der Waals surface area contributed by atoms with E-state index in [0.717, 1.165) is 5.69 Å². The maximum Gasteiger partial charge on any atom is 0.182 e. The van der Waals surface area contributed by atoms with Gasteiger partial charge in [0.2, 0.25) is 0 Å². The third kappa shape index (κ3) is 4.14. The van der Waals surface area contributed by atoms with Crippen LogP contribution in [0.15, 0.2) is 30.3 Å². The molecule has 3 atom stereocenters. The number of hydrogen-bond acceptors (Lipinski definition) is 5. The number of rotatable bonds is 6. The Labute approximate surface area is 99.7 Å². The van der Waals surface area contributed by atoms with E-state index in [2.05, 4.69) is 5.32 Å². The highest BCUT2D eigenvalue weighted by molar-refractivity contribution is 5.87. The van der Waals surface area contributed by atoms with Gasteiger partial charge in [0.1, 0.15) is 12.2 Å². The van der Waals surface area contributed by atoms with Crippen molar-refractivity contribution in [2.45, 2.75) is 25.2 Å². The lowest BCUT2D eigenvalue weighted by atomic mass is 10.1. The molecule has 0 amide bonds. The summed E-state index contributed by atoms with van der Waals surface area (Å²) >= 11 is 0. The molecule has 0 saturated heterocycles. The minimum atomic E-state index is -1.58. The zero-order valence-electron chi connectivity index (χ0n) is 9.58. The van der Waals surface area contributed by atoms with Crippen LogP contribution in [-0.4, -0.2) is 46.0 Å².